The van der Waals surface area contributed by atoms with Crippen LogP contribution < -0.4 is 0 Å². The number of nitrogens with zero attached hydrogens (tertiary/aromatic N) is 1. The van der Waals surface area contributed by atoms with Crippen LogP contribution in [0.3, 0.4) is 0 Å². The van der Waals surface area contributed by atoms with Gasteiger partial charge in [0, 0.05) is 19.4 Å². The zero-order chi connectivity index (χ0) is 19.8. The highest BCUT2D eigenvalue weighted by atomic mass is 32.2. The molecular formula is C21H27NO4S. The van der Waals surface area contributed by atoms with Crippen LogP contribution in [0.25, 0.3) is 0 Å². The molecule has 1 aromatic carbocycles. The van der Waals surface area contributed by atoms with Crippen LogP contribution >= 0.6 is 0 Å². The molecule has 2 aliphatic rings. The molecule has 1 heterocycles. The van der Waals surface area contributed by atoms with E-state index >= 15 is 0 Å². The lowest BCUT2D eigenvalue weighted by Gasteiger charge is -2.40. The van der Waals surface area contributed by atoms with Gasteiger partial charge in [-0.25, -0.2) is 8.42 Å². The van der Waals surface area contributed by atoms with Gasteiger partial charge in [0.05, 0.1) is 11.4 Å². The van der Waals surface area contributed by atoms with Crippen LogP contribution in [0, 0.1) is 18.8 Å². The topological polar surface area (TPSA) is 63.7 Å². The molecule has 6 heteroatoms. The maximum absolute atomic E-state index is 13.2. The van der Waals surface area contributed by atoms with E-state index in [0.29, 0.717) is 12.3 Å². The number of ether oxygens (including phenoxy) is 1. The number of carbonyl (C=O) groups is 1. The summed E-state index contributed by atoms with van der Waals surface area (Å²) in [5.74, 6) is 0.388. The number of fused-ring (bicyclic) bond motifs is 1. The number of hydrogen-bond acceptors (Lipinski definition) is 4. The summed E-state index contributed by atoms with van der Waals surface area (Å²) in [5.41, 5.74) is 3.21. The summed E-state index contributed by atoms with van der Waals surface area (Å²) in [7, 11) is -3.66. The van der Waals surface area contributed by atoms with E-state index in [1.54, 1.807) is 24.3 Å². The molecule has 27 heavy (non-hydrogen) atoms. The summed E-state index contributed by atoms with van der Waals surface area (Å²) < 4.78 is 33.4. The van der Waals surface area contributed by atoms with E-state index in [-0.39, 0.29) is 23.3 Å². The summed E-state index contributed by atoms with van der Waals surface area (Å²) in [6.45, 7) is 7.99. The van der Waals surface area contributed by atoms with Crippen LogP contribution in [-0.2, 0) is 19.6 Å². The second kappa shape index (κ2) is 7.60. The van der Waals surface area contributed by atoms with Gasteiger partial charge < -0.3 is 4.74 Å². The van der Waals surface area contributed by atoms with E-state index in [4.69, 9.17) is 4.74 Å². The van der Waals surface area contributed by atoms with Crippen LogP contribution in [0.1, 0.15) is 39.2 Å². The summed E-state index contributed by atoms with van der Waals surface area (Å²) in [6, 6.07) is 6.87. The van der Waals surface area contributed by atoms with E-state index in [2.05, 4.69) is 19.9 Å². The van der Waals surface area contributed by atoms with Gasteiger partial charge in [-0.2, -0.15) is 4.31 Å². The van der Waals surface area contributed by atoms with E-state index in [9.17, 15) is 13.2 Å². The molecule has 0 fully saturated rings. The van der Waals surface area contributed by atoms with Gasteiger partial charge in [0.25, 0.3) is 0 Å². The number of carbonyl (C=O) groups excluding carboxylic acids is 1. The number of sulfonamides is 1. The molecule has 2 atom stereocenters. The van der Waals surface area contributed by atoms with Crippen LogP contribution in [0.5, 0.6) is 0 Å². The third kappa shape index (κ3) is 3.87. The monoisotopic (exact) mass is 389 g/mol. The Morgan fingerprint density at radius 2 is 1.93 bits per heavy atom. The summed E-state index contributed by atoms with van der Waals surface area (Å²) >= 11 is 0. The standard InChI is InChI=1S/C21H27NO4S/c1-5-17-9-8-15(3)19-12-22(13-20(21(17)19)26-16(4)23)27(24,25)18-10-6-14(2)7-11-18/h6-7,9-11,15,19H,5,8,12-13H2,1-4H3/t15-,19+/m0/s1. The van der Waals surface area contributed by atoms with Gasteiger partial charge in [0.1, 0.15) is 5.76 Å². The molecule has 0 unspecified atom stereocenters. The number of allylic oxidation sites excluding steroid dienone is 2. The molecule has 1 aliphatic heterocycles. The van der Waals surface area contributed by atoms with Crippen molar-refractivity contribution in [3.05, 3.63) is 52.8 Å². The van der Waals surface area contributed by atoms with Crippen molar-refractivity contribution >= 4 is 16.0 Å². The lowest BCUT2D eigenvalue weighted by molar-refractivity contribution is -0.137. The average molecular weight is 390 g/mol. The third-order valence-corrected chi connectivity index (χ3v) is 7.29. The first-order valence-corrected chi connectivity index (χ1v) is 10.9. The first-order chi connectivity index (χ1) is 12.7. The molecule has 0 aromatic heterocycles. The predicted molar refractivity (Wildman–Crippen MR) is 104 cm³/mol. The normalized spacial score (nSPS) is 23.6. The van der Waals surface area contributed by atoms with E-state index < -0.39 is 16.0 Å². The Morgan fingerprint density at radius 1 is 1.26 bits per heavy atom. The zero-order valence-electron chi connectivity index (χ0n) is 16.4. The third-order valence-electron chi connectivity index (χ3n) is 5.47. The Hall–Kier alpha value is -1.92. The smallest absolute Gasteiger partial charge is 0.307 e. The Morgan fingerprint density at radius 3 is 2.52 bits per heavy atom. The van der Waals surface area contributed by atoms with Crippen molar-refractivity contribution < 1.29 is 17.9 Å². The fourth-order valence-electron chi connectivity index (χ4n) is 3.95. The van der Waals surface area contributed by atoms with Gasteiger partial charge in [-0.05, 0) is 49.0 Å². The minimum absolute atomic E-state index is 0.0354. The van der Waals surface area contributed by atoms with Crippen LogP contribution in [0.4, 0.5) is 0 Å². The number of rotatable bonds is 4. The highest BCUT2D eigenvalue weighted by Crippen LogP contribution is 2.42. The molecule has 1 aromatic rings. The van der Waals surface area contributed by atoms with E-state index in [0.717, 1.165) is 24.0 Å². The molecule has 3 rings (SSSR count). The summed E-state index contributed by atoms with van der Waals surface area (Å²) in [5, 5.41) is 0. The van der Waals surface area contributed by atoms with Gasteiger partial charge in [0.15, 0.2) is 0 Å². The minimum Gasteiger partial charge on any atom is -0.430 e. The molecule has 0 spiro atoms. The van der Waals surface area contributed by atoms with Crippen LogP contribution in [0.15, 0.2) is 52.1 Å². The van der Waals surface area contributed by atoms with E-state index in [1.165, 1.54) is 16.8 Å². The number of aryl methyl sites for hydroxylation is 1. The molecule has 0 N–H and O–H groups in total. The Kier molecular flexibility index (Phi) is 5.58. The second-order valence-electron chi connectivity index (χ2n) is 7.44. The Bertz CT molecular complexity index is 897. The molecule has 0 saturated heterocycles. The van der Waals surface area contributed by atoms with Gasteiger partial charge in [0.2, 0.25) is 10.0 Å². The lowest BCUT2D eigenvalue weighted by atomic mass is 9.74. The largest absolute Gasteiger partial charge is 0.430 e. The van der Waals surface area contributed by atoms with Crippen LogP contribution in [0.2, 0.25) is 0 Å². The SMILES string of the molecule is CCC1=CC[C@H](C)[C@H]2CN(S(=O)(=O)c3ccc(C)cc3)CC(OC(C)=O)=C12. The number of hydrogen-bond donors (Lipinski definition) is 0. The fraction of sp³-hybridized carbons (Fsp3) is 0.476. The molecule has 146 valence electrons. The highest BCUT2D eigenvalue weighted by Gasteiger charge is 2.40. The zero-order valence-corrected chi connectivity index (χ0v) is 17.2. The minimum atomic E-state index is -3.66. The first kappa shape index (κ1) is 19.8. The molecule has 0 amide bonds. The van der Waals surface area contributed by atoms with Crippen molar-refractivity contribution in [3.8, 4) is 0 Å². The lowest BCUT2D eigenvalue weighted by Crippen LogP contribution is -2.45. The maximum atomic E-state index is 13.2. The number of esters is 1. The van der Waals surface area contributed by atoms with Crippen molar-refractivity contribution in [3.63, 3.8) is 0 Å². The van der Waals surface area contributed by atoms with Gasteiger partial charge in [-0.3, -0.25) is 4.79 Å². The first-order valence-electron chi connectivity index (χ1n) is 9.41. The van der Waals surface area contributed by atoms with Crippen molar-refractivity contribution in [2.24, 2.45) is 11.8 Å². The predicted octanol–water partition coefficient (Wildman–Crippen LogP) is 3.81. The van der Waals surface area contributed by atoms with E-state index in [1.807, 2.05) is 6.92 Å². The fourth-order valence-corrected chi connectivity index (χ4v) is 5.37. The summed E-state index contributed by atoms with van der Waals surface area (Å²) in [6.07, 6.45) is 3.95. The molecular weight excluding hydrogens is 362 g/mol. The number of benzene rings is 1. The van der Waals surface area contributed by atoms with Gasteiger partial charge in [-0.1, -0.05) is 37.6 Å². The molecule has 5 nitrogen and oxygen atoms in total. The van der Waals surface area contributed by atoms with Gasteiger partial charge >= 0.3 is 5.97 Å². The molecule has 1 aliphatic carbocycles. The summed E-state index contributed by atoms with van der Waals surface area (Å²) in [4.78, 5) is 12.0. The Labute approximate surface area is 161 Å². The average Bonchev–Trinajstić information content (AvgIpc) is 2.62. The van der Waals surface area contributed by atoms with Crippen molar-refractivity contribution in [1.29, 1.82) is 0 Å². The quantitative estimate of drug-likeness (QED) is 0.735. The van der Waals surface area contributed by atoms with Crippen molar-refractivity contribution in [1.82, 2.24) is 4.31 Å². The van der Waals surface area contributed by atoms with Crippen molar-refractivity contribution in [2.45, 2.75) is 45.4 Å². The maximum Gasteiger partial charge on any atom is 0.307 e. The Balaban J connectivity index is 2.04. The van der Waals surface area contributed by atoms with Crippen molar-refractivity contribution in [2.75, 3.05) is 13.1 Å². The molecule has 0 radical (unpaired) electrons. The molecule has 0 bridgehead atoms. The van der Waals surface area contributed by atoms with Crippen LogP contribution in [-0.4, -0.2) is 31.8 Å². The highest BCUT2D eigenvalue weighted by molar-refractivity contribution is 7.89. The second-order valence-corrected chi connectivity index (χ2v) is 9.38. The molecule has 0 saturated carbocycles. The van der Waals surface area contributed by atoms with Gasteiger partial charge in [-0.15, -0.1) is 0 Å².